The Balaban J connectivity index is 1.59. The fourth-order valence-corrected chi connectivity index (χ4v) is 4.48. The van der Waals surface area contributed by atoms with Crippen LogP contribution in [-0.2, 0) is 4.79 Å². The van der Waals surface area contributed by atoms with Crippen molar-refractivity contribution in [1.29, 1.82) is 5.26 Å². The van der Waals surface area contributed by atoms with Crippen molar-refractivity contribution >= 4 is 35.1 Å². The van der Waals surface area contributed by atoms with E-state index in [1.165, 1.54) is 27.8 Å². The molecule has 1 N–H and O–H groups in total. The number of nitrogens with one attached hydrogen (secondary N) is 1. The van der Waals surface area contributed by atoms with Gasteiger partial charge in [-0.05, 0) is 74.7 Å². The highest BCUT2D eigenvalue weighted by Gasteiger charge is 2.13. The molecule has 3 aromatic rings. The molecule has 0 atom stereocenters. The highest BCUT2D eigenvalue weighted by atomic mass is 32.2. The van der Waals surface area contributed by atoms with Gasteiger partial charge in [0, 0.05) is 15.5 Å². The van der Waals surface area contributed by atoms with Gasteiger partial charge in [0.2, 0.25) is 5.91 Å². The molecule has 1 heterocycles. The van der Waals surface area contributed by atoms with Crippen LogP contribution in [0, 0.1) is 39.0 Å². The van der Waals surface area contributed by atoms with E-state index < -0.39 is 0 Å². The number of aryl methyl sites for hydroxylation is 3. The lowest BCUT2D eigenvalue weighted by Crippen LogP contribution is -2.14. The molecule has 30 heavy (non-hydrogen) atoms. The van der Waals surface area contributed by atoms with Crippen LogP contribution in [0.5, 0.6) is 0 Å². The highest BCUT2D eigenvalue weighted by Crippen LogP contribution is 2.31. The number of hydrogen-bond acceptors (Lipinski definition) is 6. The Bertz CT molecular complexity index is 1120. The number of rotatable bonds is 6. The van der Waals surface area contributed by atoms with Crippen molar-refractivity contribution < 1.29 is 4.79 Å². The second kappa shape index (κ2) is 9.79. The smallest absolute Gasteiger partial charge is 0.234 e. The minimum atomic E-state index is -0.154. The second-order valence-corrected chi connectivity index (χ2v) is 9.01. The largest absolute Gasteiger partial charge is 0.325 e. The summed E-state index contributed by atoms with van der Waals surface area (Å²) < 4.78 is 0. The van der Waals surface area contributed by atoms with Gasteiger partial charge in [-0.2, -0.15) is 10.4 Å². The molecule has 7 heteroatoms. The number of nitrogens with zero attached hydrogens (tertiary/aromatic N) is 3. The number of hydrogen-bond donors (Lipinski definition) is 1. The van der Waals surface area contributed by atoms with E-state index in [0.717, 1.165) is 21.8 Å². The molecule has 0 aliphatic heterocycles. The van der Waals surface area contributed by atoms with E-state index in [1.54, 1.807) is 11.8 Å². The molecule has 0 spiro atoms. The first-order chi connectivity index (χ1) is 14.4. The summed E-state index contributed by atoms with van der Waals surface area (Å²) in [6.07, 6.45) is 0. The van der Waals surface area contributed by atoms with Gasteiger partial charge in [0.05, 0.1) is 17.0 Å². The molecule has 152 valence electrons. The predicted molar refractivity (Wildman–Crippen MR) is 122 cm³/mol. The topological polar surface area (TPSA) is 78.7 Å². The summed E-state index contributed by atoms with van der Waals surface area (Å²) in [5, 5.41) is 20.8. The summed E-state index contributed by atoms with van der Waals surface area (Å²) in [6, 6.07) is 16.4. The van der Waals surface area contributed by atoms with Crippen LogP contribution in [0.1, 0.15) is 27.9 Å². The average molecular weight is 435 g/mol. The van der Waals surface area contributed by atoms with Crippen molar-refractivity contribution in [2.24, 2.45) is 0 Å². The third-order valence-electron chi connectivity index (χ3n) is 4.58. The third kappa shape index (κ3) is 5.41. The van der Waals surface area contributed by atoms with E-state index in [9.17, 15) is 10.1 Å². The molecule has 0 fully saturated rings. The van der Waals surface area contributed by atoms with Crippen LogP contribution in [0.15, 0.2) is 57.3 Å². The Hall–Kier alpha value is -2.82. The molecule has 1 aromatic heterocycles. The van der Waals surface area contributed by atoms with Crippen LogP contribution >= 0.6 is 23.5 Å². The maximum absolute atomic E-state index is 12.3. The van der Waals surface area contributed by atoms with Crippen LogP contribution in [0.2, 0.25) is 0 Å². The predicted octanol–water partition coefficient (Wildman–Crippen LogP) is 5.46. The van der Waals surface area contributed by atoms with E-state index in [4.69, 9.17) is 0 Å². The molecule has 0 unspecified atom stereocenters. The van der Waals surface area contributed by atoms with E-state index >= 15 is 0 Å². The number of anilines is 1. The standard InChI is InChI=1S/C23H22N4OS2/c1-14-5-6-15(2)21(11-14)30-19-9-7-18(8-10-19)25-22(28)13-29-23-20(12-24)16(3)17(4)26-27-23/h5-11H,13H2,1-4H3,(H,25,28). The molecule has 0 radical (unpaired) electrons. The number of thioether (sulfide) groups is 1. The van der Waals surface area contributed by atoms with Crippen LogP contribution in [0.3, 0.4) is 0 Å². The zero-order valence-electron chi connectivity index (χ0n) is 17.3. The zero-order valence-corrected chi connectivity index (χ0v) is 18.9. The number of carbonyl (C=O) groups is 1. The molecule has 0 aliphatic carbocycles. The summed E-state index contributed by atoms with van der Waals surface area (Å²) in [6.45, 7) is 7.84. The molecule has 5 nitrogen and oxygen atoms in total. The minimum absolute atomic E-state index is 0.154. The average Bonchev–Trinajstić information content (AvgIpc) is 2.73. The normalized spacial score (nSPS) is 10.5. The van der Waals surface area contributed by atoms with Crippen molar-refractivity contribution in [3.05, 3.63) is 70.4 Å². The fraction of sp³-hybridized carbons (Fsp3) is 0.217. The van der Waals surface area contributed by atoms with Crippen molar-refractivity contribution in [2.45, 2.75) is 42.5 Å². The van der Waals surface area contributed by atoms with Gasteiger partial charge >= 0.3 is 0 Å². The molecular weight excluding hydrogens is 412 g/mol. The molecule has 3 rings (SSSR count). The Morgan fingerprint density at radius 3 is 2.50 bits per heavy atom. The van der Waals surface area contributed by atoms with Gasteiger partial charge in [0.25, 0.3) is 0 Å². The number of aromatic nitrogens is 2. The summed E-state index contributed by atoms with van der Waals surface area (Å²) in [4.78, 5) is 14.7. The highest BCUT2D eigenvalue weighted by molar-refractivity contribution is 8.00. The molecule has 0 saturated heterocycles. The molecule has 0 aliphatic rings. The van der Waals surface area contributed by atoms with Crippen molar-refractivity contribution in [2.75, 3.05) is 11.1 Å². The number of benzene rings is 2. The Morgan fingerprint density at radius 1 is 1.07 bits per heavy atom. The first-order valence-electron chi connectivity index (χ1n) is 9.39. The Labute approximate surface area is 185 Å². The quantitative estimate of drug-likeness (QED) is 0.519. The van der Waals surface area contributed by atoms with E-state index in [-0.39, 0.29) is 11.7 Å². The summed E-state index contributed by atoms with van der Waals surface area (Å²) >= 11 is 2.92. The van der Waals surface area contributed by atoms with E-state index in [1.807, 2.05) is 38.1 Å². The first kappa shape index (κ1) is 21.9. The first-order valence-corrected chi connectivity index (χ1v) is 11.2. The lowest BCUT2D eigenvalue weighted by atomic mass is 10.1. The molecule has 0 bridgehead atoms. The summed E-state index contributed by atoms with van der Waals surface area (Å²) in [5.74, 6) is 0.00375. The Kier molecular flexibility index (Phi) is 7.14. The van der Waals surface area contributed by atoms with Crippen molar-refractivity contribution in [1.82, 2.24) is 10.2 Å². The van der Waals surface area contributed by atoms with Crippen LogP contribution in [0.4, 0.5) is 5.69 Å². The second-order valence-electron chi connectivity index (χ2n) is 6.93. The van der Waals surface area contributed by atoms with Gasteiger partial charge in [0.1, 0.15) is 11.1 Å². The van der Waals surface area contributed by atoms with Gasteiger partial charge in [-0.25, -0.2) is 0 Å². The third-order valence-corrected chi connectivity index (χ3v) is 6.72. The lowest BCUT2D eigenvalue weighted by Gasteiger charge is -2.09. The minimum Gasteiger partial charge on any atom is -0.325 e. The molecule has 1 amide bonds. The Morgan fingerprint density at radius 2 is 1.80 bits per heavy atom. The summed E-state index contributed by atoms with van der Waals surface area (Å²) in [7, 11) is 0. The SMILES string of the molecule is Cc1ccc(C)c(Sc2ccc(NC(=O)CSc3nnc(C)c(C)c3C#N)cc2)c1. The van der Waals surface area contributed by atoms with Gasteiger partial charge < -0.3 is 5.32 Å². The van der Waals surface area contributed by atoms with Crippen LogP contribution < -0.4 is 5.32 Å². The lowest BCUT2D eigenvalue weighted by molar-refractivity contribution is -0.113. The number of carbonyl (C=O) groups excluding carboxylic acids is 1. The molecular formula is C23H22N4OS2. The van der Waals surface area contributed by atoms with E-state index in [2.05, 4.69) is 53.6 Å². The maximum atomic E-state index is 12.3. The van der Waals surface area contributed by atoms with Gasteiger partial charge in [-0.3, -0.25) is 4.79 Å². The summed E-state index contributed by atoms with van der Waals surface area (Å²) in [5.41, 5.74) is 5.21. The molecule has 0 saturated carbocycles. The van der Waals surface area contributed by atoms with Gasteiger partial charge in [-0.1, -0.05) is 35.7 Å². The number of nitriles is 1. The van der Waals surface area contributed by atoms with Crippen molar-refractivity contribution in [3.8, 4) is 6.07 Å². The monoisotopic (exact) mass is 434 g/mol. The van der Waals surface area contributed by atoms with Gasteiger partial charge in [-0.15, -0.1) is 5.10 Å². The van der Waals surface area contributed by atoms with Crippen LogP contribution in [-0.4, -0.2) is 21.9 Å². The van der Waals surface area contributed by atoms with Crippen molar-refractivity contribution in [3.63, 3.8) is 0 Å². The number of amides is 1. The zero-order chi connectivity index (χ0) is 21.7. The van der Waals surface area contributed by atoms with E-state index in [0.29, 0.717) is 10.6 Å². The van der Waals surface area contributed by atoms with Crippen LogP contribution in [0.25, 0.3) is 0 Å². The van der Waals surface area contributed by atoms with Gasteiger partial charge in [0.15, 0.2) is 0 Å². The molecule has 2 aromatic carbocycles. The maximum Gasteiger partial charge on any atom is 0.234 e. The fourth-order valence-electron chi connectivity index (χ4n) is 2.70.